The van der Waals surface area contributed by atoms with Gasteiger partial charge in [-0.3, -0.25) is 0 Å². The minimum Gasteiger partial charge on any atom is -0.382 e. The summed E-state index contributed by atoms with van der Waals surface area (Å²) in [4.78, 5) is 4.80. The van der Waals surface area contributed by atoms with Crippen molar-refractivity contribution in [2.24, 2.45) is 0 Å². The zero-order chi connectivity index (χ0) is 24.1. The first kappa shape index (κ1) is 25.1. The second-order valence-corrected chi connectivity index (χ2v) is 10.6. The average Bonchev–Trinajstić information content (AvgIpc) is 3.18. The molecule has 0 saturated carbocycles. The number of sulfonamides is 1. The zero-order valence-corrected chi connectivity index (χ0v) is 20.5. The molecule has 184 valence electrons. The highest BCUT2D eigenvalue weighted by Gasteiger charge is 2.27. The van der Waals surface area contributed by atoms with Crippen LogP contribution in [0, 0.1) is 11.6 Å². The fourth-order valence-corrected chi connectivity index (χ4v) is 6.27. The monoisotopic (exact) mass is 511 g/mol. The highest BCUT2D eigenvalue weighted by molar-refractivity contribution is 7.98. The van der Waals surface area contributed by atoms with E-state index >= 15 is 0 Å². The van der Waals surface area contributed by atoms with Gasteiger partial charge in [0.2, 0.25) is 10.0 Å². The summed E-state index contributed by atoms with van der Waals surface area (Å²) in [6.07, 6.45) is 0.717. The number of nitrogens with zero attached hydrogens (tertiary/aromatic N) is 3. The van der Waals surface area contributed by atoms with Gasteiger partial charge in [0.25, 0.3) is 0 Å². The lowest BCUT2D eigenvalue weighted by Gasteiger charge is -2.26. The number of ether oxygens (including phenoxy) is 2. The van der Waals surface area contributed by atoms with Crippen molar-refractivity contribution in [1.29, 1.82) is 0 Å². The summed E-state index contributed by atoms with van der Waals surface area (Å²) >= 11 is 1.21. The van der Waals surface area contributed by atoms with E-state index in [1.165, 1.54) is 34.3 Å². The van der Waals surface area contributed by atoms with Crippen LogP contribution in [0.4, 0.5) is 8.78 Å². The molecule has 0 aliphatic carbocycles. The Labute approximate surface area is 202 Å². The van der Waals surface area contributed by atoms with Gasteiger partial charge in [0.1, 0.15) is 11.6 Å². The Morgan fingerprint density at radius 1 is 1.15 bits per heavy atom. The Morgan fingerprint density at radius 3 is 2.59 bits per heavy atom. The van der Waals surface area contributed by atoms with Crippen LogP contribution in [0.5, 0.6) is 0 Å². The molecule has 0 N–H and O–H groups in total. The Kier molecular flexibility index (Phi) is 8.20. The van der Waals surface area contributed by atoms with E-state index in [0.29, 0.717) is 56.7 Å². The summed E-state index contributed by atoms with van der Waals surface area (Å²) in [5.41, 5.74) is 1.26. The molecule has 0 unspecified atom stereocenters. The molecule has 0 radical (unpaired) electrons. The SMILES string of the molecule is CCOCCCn1c(SCc2c(F)cccc2F)nc2cc(S(=O)(=O)N3CCOCC3)ccc21. The number of thioether (sulfide) groups is 1. The number of hydrogen-bond acceptors (Lipinski definition) is 6. The summed E-state index contributed by atoms with van der Waals surface area (Å²) in [6, 6.07) is 8.67. The van der Waals surface area contributed by atoms with Gasteiger partial charge in [-0.05, 0) is 43.7 Å². The first-order valence-corrected chi connectivity index (χ1v) is 13.6. The standard InChI is InChI=1S/C23H27F2N3O4S2/c1-2-31-12-4-9-28-22-8-7-17(34(29,30)27-10-13-32-14-11-27)15-21(22)26-23(28)33-16-18-19(24)5-3-6-20(18)25/h3,5-8,15H,2,4,9-14,16H2,1H3. The van der Waals surface area contributed by atoms with Crippen molar-refractivity contribution in [3.63, 3.8) is 0 Å². The molecule has 3 aromatic rings. The van der Waals surface area contributed by atoms with E-state index in [2.05, 4.69) is 4.98 Å². The van der Waals surface area contributed by atoms with Gasteiger partial charge in [-0.1, -0.05) is 17.8 Å². The Morgan fingerprint density at radius 2 is 1.88 bits per heavy atom. The van der Waals surface area contributed by atoms with Crippen molar-refractivity contribution in [2.45, 2.75) is 35.7 Å². The first-order chi connectivity index (χ1) is 16.4. The van der Waals surface area contributed by atoms with Gasteiger partial charge in [-0.15, -0.1) is 0 Å². The van der Waals surface area contributed by atoms with E-state index in [-0.39, 0.29) is 16.2 Å². The number of benzene rings is 2. The van der Waals surface area contributed by atoms with Crippen molar-refractivity contribution < 1.29 is 26.7 Å². The molecule has 1 aliphatic heterocycles. The van der Waals surface area contributed by atoms with Gasteiger partial charge in [-0.25, -0.2) is 22.2 Å². The molecule has 0 atom stereocenters. The van der Waals surface area contributed by atoms with E-state index < -0.39 is 21.7 Å². The smallest absolute Gasteiger partial charge is 0.243 e. The number of rotatable bonds is 10. The van der Waals surface area contributed by atoms with Crippen molar-refractivity contribution in [3.05, 3.63) is 53.6 Å². The predicted molar refractivity (Wildman–Crippen MR) is 126 cm³/mol. The Balaban J connectivity index is 1.65. The maximum Gasteiger partial charge on any atom is 0.243 e. The fraction of sp³-hybridized carbons (Fsp3) is 0.435. The topological polar surface area (TPSA) is 73.7 Å². The lowest BCUT2D eigenvalue weighted by molar-refractivity contribution is 0.0730. The van der Waals surface area contributed by atoms with Gasteiger partial charge in [0, 0.05) is 44.2 Å². The molecule has 0 bridgehead atoms. The van der Waals surface area contributed by atoms with E-state index in [4.69, 9.17) is 9.47 Å². The molecule has 0 amide bonds. The summed E-state index contributed by atoms with van der Waals surface area (Å²) < 4.78 is 68.5. The lowest BCUT2D eigenvalue weighted by atomic mass is 10.2. The first-order valence-electron chi connectivity index (χ1n) is 11.1. The fourth-order valence-electron chi connectivity index (χ4n) is 3.79. The molecule has 1 aromatic heterocycles. The largest absolute Gasteiger partial charge is 0.382 e. The number of aryl methyl sites for hydroxylation is 1. The maximum absolute atomic E-state index is 14.1. The van der Waals surface area contributed by atoms with Crippen molar-refractivity contribution >= 4 is 32.8 Å². The molecule has 34 heavy (non-hydrogen) atoms. The van der Waals surface area contributed by atoms with Crippen LogP contribution in [-0.2, 0) is 31.8 Å². The van der Waals surface area contributed by atoms with E-state index in [0.717, 1.165) is 11.9 Å². The van der Waals surface area contributed by atoms with Crippen LogP contribution in [-0.4, -0.2) is 61.8 Å². The van der Waals surface area contributed by atoms with Crippen molar-refractivity contribution in [1.82, 2.24) is 13.9 Å². The molecule has 11 heteroatoms. The minimum atomic E-state index is -3.67. The third kappa shape index (κ3) is 5.44. The van der Waals surface area contributed by atoms with Crippen LogP contribution in [0.15, 0.2) is 46.5 Å². The molecule has 1 saturated heterocycles. The summed E-state index contributed by atoms with van der Waals surface area (Å²) in [7, 11) is -3.67. The molecule has 4 rings (SSSR count). The van der Waals surface area contributed by atoms with Crippen LogP contribution < -0.4 is 0 Å². The second kappa shape index (κ2) is 11.1. The predicted octanol–water partition coefficient (Wildman–Crippen LogP) is 4.05. The molecule has 0 spiro atoms. The number of fused-ring (bicyclic) bond motifs is 1. The molecule has 2 heterocycles. The zero-order valence-electron chi connectivity index (χ0n) is 18.9. The third-order valence-corrected chi connectivity index (χ3v) is 8.47. The second-order valence-electron chi connectivity index (χ2n) is 7.75. The molecule has 7 nitrogen and oxygen atoms in total. The van der Waals surface area contributed by atoms with E-state index in [9.17, 15) is 17.2 Å². The Bertz CT molecular complexity index is 1220. The molecule has 1 aliphatic rings. The minimum absolute atomic E-state index is 0.0176. The van der Waals surface area contributed by atoms with Crippen LogP contribution in [0.25, 0.3) is 11.0 Å². The van der Waals surface area contributed by atoms with Crippen LogP contribution >= 0.6 is 11.8 Å². The summed E-state index contributed by atoms with van der Waals surface area (Å²) in [5.74, 6) is -1.15. The number of halogens is 2. The van der Waals surface area contributed by atoms with Crippen LogP contribution in [0.2, 0.25) is 0 Å². The highest BCUT2D eigenvalue weighted by atomic mass is 32.2. The summed E-state index contributed by atoms with van der Waals surface area (Å²) in [6.45, 7) is 5.02. The summed E-state index contributed by atoms with van der Waals surface area (Å²) in [5, 5.41) is 0.565. The van der Waals surface area contributed by atoms with Crippen molar-refractivity contribution in [3.8, 4) is 0 Å². The van der Waals surface area contributed by atoms with Crippen molar-refractivity contribution in [2.75, 3.05) is 39.5 Å². The molecular weight excluding hydrogens is 484 g/mol. The number of hydrogen-bond donors (Lipinski definition) is 0. The van der Waals surface area contributed by atoms with Gasteiger partial charge in [0.05, 0.1) is 29.1 Å². The number of morpholine rings is 1. The van der Waals surface area contributed by atoms with Gasteiger partial charge in [0.15, 0.2) is 5.16 Å². The Hall–Kier alpha value is -2.05. The van der Waals surface area contributed by atoms with E-state index in [1.807, 2.05) is 11.5 Å². The molecule has 2 aromatic carbocycles. The third-order valence-electron chi connectivity index (χ3n) is 5.57. The lowest BCUT2D eigenvalue weighted by Crippen LogP contribution is -2.40. The molecule has 1 fully saturated rings. The number of aromatic nitrogens is 2. The molecular formula is C23H27F2N3O4S2. The highest BCUT2D eigenvalue weighted by Crippen LogP contribution is 2.30. The van der Waals surface area contributed by atoms with Gasteiger partial charge >= 0.3 is 0 Å². The quantitative estimate of drug-likeness (QED) is 0.302. The van der Waals surface area contributed by atoms with Gasteiger partial charge in [-0.2, -0.15) is 4.31 Å². The normalized spacial score (nSPS) is 15.3. The number of imidazole rings is 1. The van der Waals surface area contributed by atoms with E-state index in [1.54, 1.807) is 18.2 Å². The van der Waals surface area contributed by atoms with Gasteiger partial charge < -0.3 is 14.0 Å². The maximum atomic E-state index is 14.1. The van der Waals surface area contributed by atoms with Crippen LogP contribution in [0.3, 0.4) is 0 Å². The van der Waals surface area contributed by atoms with Crippen LogP contribution in [0.1, 0.15) is 18.9 Å². The average molecular weight is 512 g/mol.